The number of hydrogen-bond donors (Lipinski definition) is 2. The molecule has 1 saturated heterocycles. The number of ether oxygens (including phenoxy) is 1. The lowest BCUT2D eigenvalue weighted by atomic mass is 9.96. The molecular weight excluding hydrogens is 627 g/mol. The summed E-state index contributed by atoms with van der Waals surface area (Å²) in [6.45, 7) is 9.91. The number of rotatable bonds is 9. The van der Waals surface area contributed by atoms with Crippen molar-refractivity contribution in [2.45, 2.75) is 38.6 Å². The molecule has 1 aliphatic rings. The van der Waals surface area contributed by atoms with E-state index in [9.17, 15) is 4.57 Å². The first-order chi connectivity index (χ1) is 20.5. The van der Waals surface area contributed by atoms with Gasteiger partial charge < -0.3 is 29.7 Å². The standard InChI is InChI=1S/C31H40BrN8O2P/c1-19(2)21-16-25(27(42-5)17-26(21)40-14-10-20(11-15-40)39(3)4)37-31-35-18-22(32)30(38-31)36-24-9-8-23-28(34-13-12-33-23)29(24)43(6,7)41/h8-9,12-13,16-20H,10-11,14-15H2,1-7H3,(H2,35,36,37,38). The van der Waals surface area contributed by atoms with Crippen molar-refractivity contribution >= 4 is 68.2 Å². The summed E-state index contributed by atoms with van der Waals surface area (Å²) in [7, 11) is 3.28. The molecule has 0 amide bonds. The third kappa shape index (κ3) is 6.79. The Bertz CT molecular complexity index is 1670. The van der Waals surface area contributed by atoms with E-state index < -0.39 is 7.14 Å². The Kier molecular flexibility index (Phi) is 9.25. The molecule has 0 saturated carbocycles. The fraction of sp³-hybridized carbons (Fsp3) is 0.419. The number of hydrogen-bond acceptors (Lipinski definition) is 10. The van der Waals surface area contributed by atoms with Gasteiger partial charge in [0.05, 0.1) is 33.8 Å². The van der Waals surface area contributed by atoms with E-state index in [2.05, 4.69) is 91.4 Å². The van der Waals surface area contributed by atoms with Gasteiger partial charge in [-0.1, -0.05) is 13.8 Å². The molecule has 2 N–H and O–H groups in total. The molecule has 2 aromatic heterocycles. The summed E-state index contributed by atoms with van der Waals surface area (Å²) in [6, 6.07) is 8.62. The lowest BCUT2D eigenvalue weighted by Gasteiger charge is -2.38. The SMILES string of the molecule is COc1cc(N2CCC(N(C)C)CC2)c(C(C)C)cc1Nc1ncc(Br)c(Nc2ccc3nccnc3c2P(C)(C)=O)n1. The fourth-order valence-corrected chi connectivity index (χ4v) is 7.33. The first-order valence-corrected chi connectivity index (χ1v) is 17.8. The summed E-state index contributed by atoms with van der Waals surface area (Å²) in [6.07, 6.45) is 7.20. The van der Waals surface area contributed by atoms with Crippen molar-refractivity contribution < 1.29 is 9.30 Å². The highest BCUT2D eigenvalue weighted by Gasteiger charge is 2.25. The Labute approximate surface area is 262 Å². The molecule has 5 rings (SSSR count). The summed E-state index contributed by atoms with van der Waals surface area (Å²) in [5.74, 6) is 1.96. The Morgan fingerprint density at radius 1 is 1.05 bits per heavy atom. The van der Waals surface area contributed by atoms with Gasteiger partial charge in [0.1, 0.15) is 24.2 Å². The number of anilines is 5. The zero-order chi connectivity index (χ0) is 30.9. The van der Waals surface area contributed by atoms with Gasteiger partial charge in [-0.2, -0.15) is 4.98 Å². The minimum atomic E-state index is -2.73. The number of methoxy groups -OCH3 is 1. The normalized spacial score (nSPS) is 14.5. The van der Waals surface area contributed by atoms with Crippen LogP contribution in [-0.2, 0) is 4.57 Å². The molecule has 0 radical (unpaired) electrons. The second kappa shape index (κ2) is 12.8. The Morgan fingerprint density at radius 3 is 2.42 bits per heavy atom. The highest BCUT2D eigenvalue weighted by molar-refractivity contribution is 9.10. The molecule has 0 atom stereocenters. The number of fused-ring (bicyclic) bond motifs is 1. The molecule has 0 unspecified atom stereocenters. The van der Waals surface area contributed by atoms with Gasteiger partial charge in [0.2, 0.25) is 5.95 Å². The van der Waals surface area contributed by atoms with Crippen molar-refractivity contribution in [3.05, 3.63) is 52.9 Å². The summed E-state index contributed by atoms with van der Waals surface area (Å²) < 4.78 is 19.9. The zero-order valence-corrected chi connectivity index (χ0v) is 28.3. The predicted molar refractivity (Wildman–Crippen MR) is 181 cm³/mol. The van der Waals surface area contributed by atoms with Crippen LogP contribution in [0.1, 0.15) is 38.2 Å². The van der Waals surface area contributed by atoms with Crippen molar-refractivity contribution in [3.63, 3.8) is 0 Å². The second-order valence-electron chi connectivity index (χ2n) is 11.8. The van der Waals surface area contributed by atoms with E-state index in [1.54, 1.807) is 39.0 Å². The first kappa shape index (κ1) is 31.2. The maximum Gasteiger partial charge on any atom is 0.229 e. The predicted octanol–water partition coefficient (Wildman–Crippen LogP) is 6.58. The van der Waals surface area contributed by atoms with Crippen molar-refractivity contribution in [3.8, 4) is 5.75 Å². The largest absolute Gasteiger partial charge is 0.494 e. The molecule has 0 bridgehead atoms. The number of halogens is 1. The number of nitrogens with one attached hydrogen (secondary N) is 2. The minimum absolute atomic E-state index is 0.310. The molecule has 2 aromatic carbocycles. The number of benzene rings is 2. The van der Waals surface area contributed by atoms with Gasteiger partial charge in [0.15, 0.2) is 0 Å². The topological polar surface area (TPSA) is 108 Å². The molecule has 3 heterocycles. The molecule has 1 fully saturated rings. The summed E-state index contributed by atoms with van der Waals surface area (Å²) >= 11 is 3.58. The molecule has 43 heavy (non-hydrogen) atoms. The van der Waals surface area contributed by atoms with E-state index in [-0.39, 0.29) is 0 Å². The van der Waals surface area contributed by atoms with Gasteiger partial charge in [-0.15, -0.1) is 0 Å². The monoisotopic (exact) mass is 666 g/mol. The van der Waals surface area contributed by atoms with E-state index >= 15 is 0 Å². The molecule has 10 nitrogen and oxygen atoms in total. The van der Waals surface area contributed by atoms with Crippen molar-refractivity contribution in [2.24, 2.45) is 0 Å². The fourth-order valence-electron chi connectivity index (χ4n) is 5.64. The lowest BCUT2D eigenvalue weighted by Crippen LogP contribution is -2.42. The average Bonchev–Trinajstić information content (AvgIpc) is 2.97. The van der Waals surface area contributed by atoms with Crippen LogP contribution in [-0.4, -0.2) is 78.5 Å². The van der Waals surface area contributed by atoms with Gasteiger partial charge in [-0.25, -0.2) is 4.98 Å². The summed E-state index contributed by atoms with van der Waals surface area (Å²) in [5.41, 5.74) is 5.21. The third-order valence-electron chi connectivity index (χ3n) is 7.90. The Hall–Kier alpha value is -3.27. The van der Waals surface area contributed by atoms with Crippen LogP contribution in [0.4, 0.5) is 28.8 Å². The van der Waals surface area contributed by atoms with Gasteiger partial charge in [0, 0.05) is 49.5 Å². The smallest absolute Gasteiger partial charge is 0.229 e. The van der Waals surface area contributed by atoms with Gasteiger partial charge in [-0.05, 0) is 85.9 Å². The van der Waals surface area contributed by atoms with Crippen LogP contribution < -0.4 is 25.6 Å². The van der Waals surface area contributed by atoms with Crippen molar-refractivity contribution in [1.29, 1.82) is 0 Å². The van der Waals surface area contributed by atoms with Crippen LogP contribution in [0, 0.1) is 0 Å². The van der Waals surface area contributed by atoms with Gasteiger partial charge in [0.25, 0.3) is 0 Å². The minimum Gasteiger partial charge on any atom is -0.494 e. The summed E-state index contributed by atoms with van der Waals surface area (Å²) in [5, 5.41) is 7.39. The van der Waals surface area contributed by atoms with Crippen LogP contribution in [0.3, 0.4) is 0 Å². The van der Waals surface area contributed by atoms with E-state index in [0.29, 0.717) is 50.2 Å². The Balaban J connectivity index is 1.47. The zero-order valence-electron chi connectivity index (χ0n) is 25.8. The van der Waals surface area contributed by atoms with Crippen LogP contribution in [0.2, 0.25) is 0 Å². The molecule has 0 spiro atoms. The molecule has 4 aromatic rings. The first-order valence-electron chi connectivity index (χ1n) is 14.5. The number of piperidine rings is 1. The van der Waals surface area contributed by atoms with Gasteiger partial charge >= 0.3 is 0 Å². The Morgan fingerprint density at radius 2 is 1.77 bits per heavy atom. The quantitative estimate of drug-likeness (QED) is 0.190. The van der Waals surface area contributed by atoms with E-state index in [4.69, 9.17) is 9.72 Å². The number of aromatic nitrogens is 4. The molecule has 228 valence electrons. The summed E-state index contributed by atoms with van der Waals surface area (Å²) in [4.78, 5) is 23.0. The maximum atomic E-state index is 13.4. The van der Waals surface area contributed by atoms with Crippen LogP contribution in [0.25, 0.3) is 11.0 Å². The molecule has 12 heteroatoms. The maximum absolute atomic E-state index is 13.4. The highest BCUT2D eigenvalue weighted by Crippen LogP contribution is 2.42. The van der Waals surface area contributed by atoms with Crippen LogP contribution in [0.15, 0.2) is 47.3 Å². The second-order valence-corrected chi connectivity index (χ2v) is 15.8. The number of nitrogens with zero attached hydrogens (tertiary/aromatic N) is 6. The van der Waals surface area contributed by atoms with Gasteiger partial charge in [-0.3, -0.25) is 9.97 Å². The molecule has 1 aliphatic heterocycles. The van der Waals surface area contributed by atoms with Crippen molar-refractivity contribution in [2.75, 3.05) is 63.2 Å². The molecular formula is C31H40BrN8O2P. The van der Waals surface area contributed by atoms with E-state index in [0.717, 1.165) is 37.4 Å². The van der Waals surface area contributed by atoms with Crippen LogP contribution in [0.5, 0.6) is 5.75 Å². The van der Waals surface area contributed by atoms with E-state index in [1.165, 1.54) is 11.3 Å². The lowest BCUT2D eigenvalue weighted by molar-refractivity contribution is 0.249. The molecule has 0 aliphatic carbocycles. The third-order valence-corrected chi connectivity index (χ3v) is 10.0. The average molecular weight is 668 g/mol. The highest BCUT2D eigenvalue weighted by atomic mass is 79.9. The van der Waals surface area contributed by atoms with Crippen molar-refractivity contribution in [1.82, 2.24) is 24.8 Å². The van der Waals surface area contributed by atoms with Crippen LogP contribution >= 0.6 is 23.1 Å². The van der Waals surface area contributed by atoms with E-state index in [1.807, 2.05) is 12.1 Å².